The Labute approximate surface area is 118 Å². The second kappa shape index (κ2) is 8.94. The van der Waals surface area contributed by atoms with Gasteiger partial charge in [0, 0.05) is 6.54 Å². The molecule has 0 aliphatic rings. The van der Waals surface area contributed by atoms with Gasteiger partial charge >= 0.3 is 0 Å². The average molecular weight is 264 g/mol. The smallest absolute Gasteiger partial charge is 0.119 e. The molecule has 0 aliphatic heterocycles. The van der Waals surface area contributed by atoms with E-state index in [0.717, 1.165) is 38.4 Å². The maximum atomic E-state index is 5.78. The van der Waals surface area contributed by atoms with Crippen molar-refractivity contribution < 1.29 is 4.74 Å². The van der Waals surface area contributed by atoms with E-state index in [1.165, 1.54) is 17.5 Å². The lowest BCUT2D eigenvalue weighted by atomic mass is 10.1. The molecule has 0 aliphatic carbocycles. The first-order chi connectivity index (χ1) is 9.13. The summed E-state index contributed by atoms with van der Waals surface area (Å²) < 4.78 is 5.78. The summed E-state index contributed by atoms with van der Waals surface area (Å²) in [5.41, 5.74) is 2.61. The van der Waals surface area contributed by atoms with Crippen LogP contribution >= 0.6 is 0 Å². The minimum atomic E-state index is 0.791. The molecule has 0 amide bonds. The maximum Gasteiger partial charge on any atom is 0.119 e. The fraction of sp³-hybridized carbons (Fsp3) is 0.625. The standard InChI is InChI=1S/C16H28N2O/c1-14-7-8-16(13-15(14)2)19-12-6-11-18(4)10-5-9-17-3/h7-8,13,17H,5-6,9-12H2,1-4H3. The molecule has 0 atom stereocenters. The van der Waals surface area contributed by atoms with Gasteiger partial charge in [-0.3, -0.25) is 0 Å². The zero-order valence-corrected chi connectivity index (χ0v) is 12.8. The van der Waals surface area contributed by atoms with Crippen molar-refractivity contribution in [2.75, 3.05) is 40.3 Å². The number of hydrogen-bond donors (Lipinski definition) is 1. The van der Waals surface area contributed by atoms with E-state index in [1.807, 2.05) is 7.05 Å². The Morgan fingerprint density at radius 1 is 1.11 bits per heavy atom. The lowest BCUT2D eigenvalue weighted by Crippen LogP contribution is -2.24. The monoisotopic (exact) mass is 264 g/mol. The SMILES string of the molecule is CNCCCN(C)CCCOc1ccc(C)c(C)c1. The van der Waals surface area contributed by atoms with E-state index in [1.54, 1.807) is 0 Å². The molecule has 0 bridgehead atoms. The van der Waals surface area contributed by atoms with Gasteiger partial charge in [-0.2, -0.15) is 0 Å². The second-order valence-electron chi connectivity index (χ2n) is 5.21. The van der Waals surface area contributed by atoms with Crippen molar-refractivity contribution in [2.45, 2.75) is 26.7 Å². The van der Waals surface area contributed by atoms with Crippen LogP contribution in [-0.2, 0) is 0 Å². The van der Waals surface area contributed by atoms with E-state index in [-0.39, 0.29) is 0 Å². The number of nitrogens with one attached hydrogen (secondary N) is 1. The Kier molecular flexibility index (Phi) is 7.53. The summed E-state index contributed by atoms with van der Waals surface area (Å²) in [7, 11) is 4.17. The Morgan fingerprint density at radius 3 is 2.53 bits per heavy atom. The number of benzene rings is 1. The van der Waals surface area contributed by atoms with Gasteiger partial charge < -0.3 is 15.0 Å². The van der Waals surface area contributed by atoms with Gasteiger partial charge in [0.05, 0.1) is 6.61 Å². The molecular weight excluding hydrogens is 236 g/mol. The molecule has 0 aromatic heterocycles. The predicted molar refractivity (Wildman–Crippen MR) is 82.1 cm³/mol. The van der Waals surface area contributed by atoms with E-state index in [9.17, 15) is 0 Å². The molecule has 0 saturated heterocycles. The molecule has 1 aromatic rings. The van der Waals surface area contributed by atoms with Crippen LogP contribution in [-0.4, -0.2) is 45.2 Å². The predicted octanol–water partition coefficient (Wildman–Crippen LogP) is 2.61. The van der Waals surface area contributed by atoms with E-state index in [4.69, 9.17) is 4.74 Å². The summed E-state index contributed by atoms with van der Waals surface area (Å²) in [5, 5.41) is 3.17. The van der Waals surface area contributed by atoms with Crippen LogP contribution < -0.4 is 10.1 Å². The third-order valence-electron chi connectivity index (χ3n) is 3.40. The fourth-order valence-corrected chi connectivity index (χ4v) is 1.97. The van der Waals surface area contributed by atoms with Crippen LogP contribution in [0.1, 0.15) is 24.0 Å². The summed E-state index contributed by atoms with van der Waals surface area (Å²) in [6.45, 7) is 8.36. The molecular formula is C16H28N2O. The number of hydrogen-bond acceptors (Lipinski definition) is 3. The van der Waals surface area contributed by atoms with Gasteiger partial charge in [-0.15, -0.1) is 0 Å². The zero-order valence-electron chi connectivity index (χ0n) is 12.8. The molecule has 1 aromatic carbocycles. The lowest BCUT2D eigenvalue weighted by Gasteiger charge is -2.16. The molecule has 3 nitrogen and oxygen atoms in total. The van der Waals surface area contributed by atoms with Crippen molar-refractivity contribution in [3.63, 3.8) is 0 Å². The number of rotatable bonds is 9. The van der Waals surface area contributed by atoms with Crippen molar-refractivity contribution in [3.05, 3.63) is 29.3 Å². The third kappa shape index (κ3) is 6.60. The van der Waals surface area contributed by atoms with Gasteiger partial charge in [0.25, 0.3) is 0 Å². The Balaban J connectivity index is 2.14. The van der Waals surface area contributed by atoms with Crippen LogP contribution in [0.4, 0.5) is 0 Å². The molecule has 19 heavy (non-hydrogen) atoms. The first-order valence-corrected chi connectivity index (χ1v) is 7.16. The van der Waals surface area contributed by atoms with Crippen molar-refractivity contribution >= 4 is 0 Å². The number of ether oxygens (including phenoxy) is 1. The first-order valence-electron chi connectivity index (χ1n) is 7.16. The van der Waals surface area contributed by atoms with Crippen LogP contribution in [0.5, 0.6) is 5.75 Å². The van der Waals surface area contributed by atoms with Gasteiger partial charge in [-0.05, 0) is 77.1 Å². The van der Waals surface area contributed by atoms with E-state index >= 15 is 0 Å². The molecule has 1 rings (SSSR count). The highest BCUT2D eigenvalue weighted by molar-refractivity contribution is 5.33. The molecule has 0 spiro atoms. The normalized spacial score (nSPS) is 11.0. The summed E-state index contributed by atoms with van der Waals surface area (Å²) in [6, 6.07) is 6.29. The van der Waals surface area contributed by atoms with Gasteiger partial charge in [-0.1, -0.05) is 6.07 Å². The summed E-state index contributed by atoms with van der Waals surface area (Å²) in [6.07, 6.45) is 2.27. The molecule has 0 saturated carbocycles. The van der Waals surface area contributed by atoms with Crippen molar-refractivity contribution in [3.8, 4) is 5.75 Å². The average Bonchev–Trinajstić information content (AvgIpc) is 2.39. The summed E-state index contributed by atoms with van der Waals surface area (Å²) in [5.74, 6) is 0.987. The molecule has 108 valence electrons. The molecule has 0 radical (unpaired) electrons. The highest BCUT2D eigenvalue weighted by Gasteiger charge is 2.00. The number of nitrogens with zero attached hydrogens (tertiary/aromatic N) is 1. The van der Waals surface area contributed by atoms with Crippen LogP contribution in [0.15, 0.2) is 18.2 Å². The van der Waals surface area contributed by atoms with E-state index in [2.05, 4.69) is 49.3 Å². The third-order valence-corrected chi connectivity index (χ3v) is 3.40. The highest BCUT2D eigenvalue weighted by Crippen LogP contribution is 2.16. The van der Waals surface area contributed by atoms with Gasteiger partial charge in [0.15, 0.2) is 0 Å². The molecule has 3 heteroatoms. The Hall–Kier alpha value is -1.06. The Bertz CT molecular complexity index is 366. The van der Waals surface area contributed by atoms with Gasteiger partial charge in [0.1, 0.15) is 5.75 Å². The van der Waals surface area contributed by atoms with Crippen LogP contribution in [0.3, 0.4) is 0 Å². The number of aryl methyl sites for hydroxylation is 2. The largest absolute Gasteiger partial charge is 0.494 e. The quantitative estimate of drug-likeness (QED) is 0.694. The molecule has 0 fully saturated rings. The van der Waals surface area contributed by atoms with Crippen molar-refractivity contribution in [1.29, 1.82) is 0 Å². The fourth-order valence-electron chi connectivity index (χ4n) is 1.97. The topological polar surface area (TPSA) is 24.5 Å². The minimum absolute atomic E-state index is 0.791. The first kappa shape index (κ1) is 16.0. The van der Waals surface area contributed by atoms with Crippen LogP contribution in [0.25, 0.3) is 0 Å². The summed E-state index contributed by atoms with van der Waals surface area (Å²) >= 11 is 0. The van der Waals surface area contributed by atoms with Crippen LogP contribution in [0.2, 0.25) is 0 Å². The van der Waals surface area contributed by atoms with Gasteiger partial charge in [-0.25, -0.2) is 0 Å². The van der Waals surface area contributed by atoms with E-state index in [0.29, 0.717) is 0 Å². The maximum absolute atomic E-state index is 5.78. The summed E-state index contributed by atoms with van der Waals surface area (Å²) in [4.78, 5) is 2.36. The zero-order chi connectivity index (χ0) is 14.1. The van der Waals surface area contributed by atoms with Crippen molar-refractivity contribution in [1.82, 2.24) is 10.2 Å². The molecule has 1 N–H and O–H groups in total. The second-order valence-corrected chi connectivity index (χ2v) is 5.21. The van der Waals surface area contributed by atoms with Crippen molar-refractivity contribution in [2.24, 2.45) is 0 Å². The van der Waals surface area contributed by atoms with Gasteiger partial charge in [0.2, 0.25) is 0 Å². The molecule has 0 heterocycles. The Morgan fingerprint density at radius 2 is 1.84 bits per heavy atom. The highest BCUT2D eigenvalue weighted by atomic mass is 16.5. The van der Waals surface area contributed by atoms with E-state index < -0.39 is 0 Å². The lowest BCUT2D eigenvalue weighted by molar-refractivity contribution is 0.261. The minimum Gasteiger partial charge on any atom is -0.494 e. The molecule has 0 unspecified atom stereocenters. The van der Waals surface area contributed by atoms with Crippen LogP contribution in [0, 0.1) is 13.8 Å².